The van der Waals surface area contributed by atoms with Crippen LogP contribution in [0, 0.1) is 11.8 Å². The number of esters is 1. The van der Waals surface area contributed by atoms with Crippen LogP contribution in [0.1, 0.15) is 125 Å². The van der Waals surface area contributed by atoms with Crippen LogP contribution in [-0.4, -0.2) is 136 Å². The number of carbonyl (C=O) groups excluding carboxylic acids is 3. The van der Waals surface area contributed by atoms with Crippen LogP contribution < -0.4 is 39.2 Å². The number of aromatic nitrogens is 4. The first-order valence-electron chi connectivity index (χ1n) is 23.2. The first-order valence-corrected chi connectivity index (χ1v) is 23.2. The Morgan fingerprint density at radius 1 is 0.594 bits per heavy atom. The number of amides is 2. The Kier molecular flexibility index (Phi) is 17.8. The molecule has 4 N–H and O–H groups in total. The first-order chi connectivity index (χ1) is 31.9. The number of rotatable bonds is 8. The molecule has 2 aromatic carbocycles. The number of benzene rings is 2. The first kappa shape index (κ1) is 54.0. The number of fused-ring (bicyclic) bond motifs is 2. The van der Waals surface area contributed by atoms with Gasteiger partial charge in [0.2, 0.25) is 0 Å². The van der Waals surface area contributed by atoms with Gasteiger partial charge in [0.1, 0.15) is 45.7 Å². The maximum absolute atomic E-state index is 12.8. The van der Waals surface area contributed by atoms with E-state index in [0.717, 1.165) is 73.6 Å². The van der Waals surface area contributed by atoms with Crippen molar-refractivity contribution in [1.29, 1.82) is 0 Å². The van der Waals surface area contributed by atoms with Crippen LogP contribution in [0.3, 0.4) is 0 Å². The Bertz CT molecular complexity index is 2390. The number of piperidine rings is 2. The number of imidazole rings is 2. The van der Waals surface area contributed by atoms with Crippen LogP contribution in [0.5, 0.6) is 11.5 Å². The number of methoxy groups -OCH3 is 3. The molecule has 2 atom stereocenters. The molecular formula is C49H67LiN8O11. The number of ether oxygens (including phenoxy) is 5. The molecule has 0 saturated carbocycles. The zero-order valence-electron chi connectivity index (χ0n) is 41.7. The van der Waals surface area contributed by atoms with Gasteiger partial charge in [0.25, 0.3) is 0 Å². The summed E-state index contributed by atoms with van der Waals surface area (Å²) in [4.78, 5) is 63.2. The molecule has 0 bridgehead atoms. The van der Waals surface area contributed by atoms with E-state index in [1.807, 2.05) is 77.9 Å². The maximum Gasteiger partial charge on any atom is 1.00 e. The fourth-order valence-electron chi connectivity index (χ4n) is 9.51. The Labute approximate surface area is 416 Å². The monoisotopic (exact) mass is 951 g/mol. The van der Waals surface area contributed by atoms with Gasteiger partial charge in [-0.2, -0.15) is 0 Å². The van der Waals surface area contributed by atoms with Crippen molar-refractivity contribution in [3.8, 4) is 34.0 Å². The molecule has 370 valence electrons. The summed E-state index contributed by atoms with van der Waals surface area (Å²) in [7, 11) is 4.59. The number of likely N-dealkylation sites (tertiary alicyclic amines) is 2. The van der Waals surface area contributed by atoms with Crippen molar-refractivity contribution in [3.05, 3.63) is 71.6 Å². The van der Waals surface area contributed by atoms with Crippen molar-refractivity contribution in [1.82, 2.24) is 29.1 Å². The molecular weight excluding hydrogens is 884 g/mol. The van der Waals surface area contributed by atoms with Gasteiger partial charge in [0, 0.05) is 62.2 Å². The molecule has 2 unspecified atom stereocenters. The average Bonchev–Trinajstić information content (AvgIpc) is 3.91. The zero-order valence-corrected chi connectivity index (χ0v) is 41.7. The predicted octanol–water partition coefficient (Wildman–Crippen LogP) is 4.79. The molecule has 8 rings (SSSR count). The molecule has 19 nitrogen and oxygen atoms in total. The largest absolute Gasteiger partial charge is 1.00 e. The number of aromatic carboxylic acids is 1. The van der Waals surface area contributed by atoms with Crippen molar-refractivity contribution in [2.75, 3.05) is 71.4 Å². The Morgan fingerprint density at radius 2 is 0.957 bits per heavy atom. The Morgan fingerprint density at radius 3 is 1.29 bits per heavy atom. The molecule has 0 spiro atoms. The van der Waals surface area contributed by atoms with Crippen molar-refractivity contribution in [3.63, 3.8) is 0 Å². The van der Waals surface area contributed by atoms with Crippen molar-refractivity contribution in [2.24, 2.45) is 11.8 Å². The number of carboxylic acid groups (broad SMARTS) is 1. The summed E-state index contributed by atoms with van der Waals surface area (Å²) >= 11 is 0. The standard InChI is InChI=1S/C25H34N4O5.C24H32N4O5.Li.H2O/c1-25(2,3)34-24(31)28-14-11-16(12-15-28)19-10-13-26-29-21(23(30)33-5)20(27-22(19)29)17-6-8-18(32-4)9-7-17;1-24(2,3)33-23(31)27-13-10-15(11-14-27)18-9-12-25-28-20(22(29)30)19(26-21(18)28)16-5-7-17(32-4)8-6-16;;/h6-9,16,19,26H,10-15H2,1-5H3;5-8,15,18,25H,9-14H2,1-4H3,(H,29,30);;1H2/q;;+1;/p-1. The van der Waals surface area contributed by atoms with E-state index < -0.39 is 23.1 Å². The molecule has 0 radical (unpaired) electrons. The van der Waals surface area contributed by atoms with Crippen LogP contribution in [0.2, 0.25) is 0 Å². The van der Waals surface area contributed by atoms with E-state index in [1.165, 1.54) is 7.11 Å². The summed E-state index contributed by atoms with van der Waals surface area (Å²) < 4.78 is 30.1. The van der Waals surface area contributed by atoms with E-state index in [2.05, 4.69) is 10.9 Å². The van der Waals surface area contributed by atoms with Crippen molar-refractivity contribution < 1.29 is 72.3 Å². The fourth-order valence-corrected chi connectivity index (χ4v) is 9.51. The second-order valence-electron chi connectivity index (χ2n) is 19.5. The zero-order chi connectivity index (χ0) is 48.2. The summed E-state index contributed by atoms with van der Waals surface area (Å²) in [5.41, 5.74) is 8.66. The normalized spacial score (nSPS) is 18.2. The summed E-state index contributed by atoms with van der Waals surface area (Å²) in [5.74, 6) is 2.55. The topological polar surface area (TPSA) is 231 Å². The molecule has 2 amide bonds. The number of nitrogens with one attached hydrogen (secondary N) is 2. The van der Waals surface area contributed by atoms with Gasteiger partial charge in [-0.25, -0.2) is 38.5 Å². The number of hydrogen-bond donors (Lipinski definition) is 3. The number of carboxylic acids is 1. The molecule has 69 heavy (non-hydrogen) atoms. The molecule has 0 aliphatic carbocycles. The Balaban J connectivity index is 0.000000250. The molecule has 4 aliphatic rings. The van der Waals surface area contributed by atoms with Crippen LogP contribution in [0.4, 0.5) is 9.59 Å². The van der Waals surface area contributed by atoms with E-state index in [1.54, 1.807) is 45.5 Å². The van der Waals surface area contributed by atoms with Gasteiger partial charge in [-0.1, -0.05) is 0 Å². The summed E-state index contributed by atoms with van der Waals surface area (Å²) in [6.07, 6.45) is 4.64. The minimum Gasteiger partial charge on any atom is -0.870 e. The number of carbonyl (C=O) groups is 4. The number of nitrogens with zero attached hydrogens (tertiary/aromatic N) is 6. The van der Waals surface area contributed by atoms with Crippen molar-refractivity contribution >= 4 is 24.1 Å². The molecule has 2 saturated heterocycles. The third kappa shape index (κ3) is 12.5. The van der Waals surface area contributed by atoms with Crippen LogP contribution >= 0.6 is 0 Å². The van der Waals surface area contributed by atoms with E-state index in [0.29, 0.717) is 67.4 Å². The van der Waals surface area contributed by atoms with E-state index in [9.17, 15) is 24.3 Å². The summed E-state index contributed by atoms with van der Waals surface area (Å²) in [6, 6.07) is 14.8. The van der Waals surface area contributed by atoms with Crippen LogP contribution in [0.15, 0.2) is 48.5 Å². The third-order valence-corrected chi connectivity index (χ3v) is 12.7. The average molecular weight is 951 g/mol. The molecule has 4 aromatic rings. The second kappa shape index (κ2) is 22.7. The Hall–Kier alpha value is -5.90. The van der Waals surface area contributed by atoms with E-state index >= 15 is 0 Å². The van der Waals surface area contributed by atoms with E-state index in [-0.39, 0.29) is 54.1 Å². The SMILES string of the molecule is COC(=O)c1c(-c2ccc(OC)cc2)nc2n1NCCC2C1CCN(C(=O)OC(C)(C)C)CC1.COc1ccc(-c2nc3n(c2C(=O)O)NCCC3C2CCN(C(=O)OC(C)(C)C)CC2)cc1.[Li+].[OH-]. The van der Waals surface area contributed by atoms with Gasteiger partial charge in [-0.3, -0.25) is 0 Å². The van der Waals surface area contributed by atoms with Gasteiger partial charge in [-0.05, 0) is 140 Å². The maximum atomic E-state index is 12.8. The molecule has 20 heteroatoms. The van der Waals surface area contributed by atoms with Crippen LogP contribution in [0.25, 0.3) is 22.5 Å². The van der Waals surface area contributed by atoms with Gasteiger partial charge in [-0.15, -0.1) is 0 Å². The summed E-state index contributed by atoms with van der Waals surface area (Å²) in [6.45, 7) is 15.2. The molecule has 4 aliphatic heterocycles. The van der Waals surface area contributed by atoms with Gasteiger partial charge < -0.3 is 54.9 Å². The molecule has 6 heterocycles. The minimum atomic E-state index is -1.02. The van der Waals surface area contributed by atoms with Gasteiger partial charge in [0.15, 0.2) is 11.4 Å². The van der Waals surface area contributed by atoms with Crippen LogP contribution in [-0.2, 0) is 14.2 Å². The fraction of sp³-hybridized carbons (Fsp3) is 0.551. The van der Waals surface area contributed by atoms with Gasteiger partial charge >= 0.3 is 43.0 Å². The molecule has 2 aromatic heterocycles. The third-order valence-electron chi connectivity index (χ3n) is 12.7. The number of hydrogen-bond acceptors (Lipinski definition) is 14. The second-order valence-corrected chi connectivity index (χ2v) is 19.5. The predicted molar refractivity (Wildman–Crippen MR) is 253 cm³/mol. The summed E-state index contributed by atoms with van der Waals surface area (Å²) in [5, 5.41) is 9.97. The minimum absolute atomic E-state index is 0. The van der Waals surface area contributed by atoms with E-state index in [4.69, 9.17) is 33.7 Å². The molecule has 2 fully saturated rings. The van der Waals surface area contributed by atoms with Gasteiger partial charge in [0.05, 0.1) is 21.3 Å². The smallest absolute Gasteiger partial charge is 0.870 e. The quantitative estimate of drug-likeness (QED) is 0.123. The van der Waals surface area contributed by atoms with Crippen molar-refractivity contribution in [2.45, 2.75) is 103 Å².